The molecule has 0 unspecified atom stereocenters. The number of allylic oxidation sites excluding steroid dienone is 1. The third-order valence-corrected chi connectivity index (χ3v) is 8.47. The van der Waals surface area contributed by atoms with Gasteiger partial charge in [0.2, 0.25) is 5.91 Å². The van der Waals surface area contributed by atoms with Crippen molar-refractivity contribution in [2.75, 3.05) is 17.4 Å². The van der Waals surface area contributed by atoms with E-state index in [1.54, 1.807) is 17.9 Å². The van der Waals surface area contributed by atoms with Gasteiger partial charge in [-0.25, -0.2) is 4.39 Å². The molecule has 0 saturated carbocycles. The van der Waals surface area contributed by atoms with Gasteiger partial charge in [0.15, 0.2) is 11.6 Å². The maximum Gasteiger partial charge on any atom is 0.224 e. The summed E-state index contributed by atoms with van der Waals surface area (Å²) in [4.78, 5) is 17.9. The molecule has 0 spiro atoms. The first-order chi connectivity index (χ1) is 19.5. The van der Waals surface area contributed by atoms with E-state index in [4.69, 9.17) is 4.74 Å². The standard InChI is InChI=1S/C34H49FN2O2S.BrH/c1-4-5-6-7-8-9-10-11-12-13-14-17-22-39-34-21-20-30(23-32(34)35)25-37(29(3)38)33-19-16-15-18-31(33)26-36-24-28(2)40-27-36;/h15-16,18-21,23-24H,4-14,17,22,25-27H2,1-3H3;1H. The molecule has 2 aromatic rings. The summed E-state index contributed by atoms with van der Waals surface area (Å²) in [6, 6.07) is 13.0. The second-order valence-electron chi connectivity index (χ2n) is 11.0. The molecular formula is C34H50BrFN2O2S. The number of carbonyl (C=O) groups is 1. The average Bonchev–Trinajstić information content (AvgIpc) is 3.35. The lowest BCUT2D eigenvalue weighted by molar-refractivity contribution is -0.116. The molecule has 4 nitrogen and oxygen atoms in total. The van der Waals surface area contributed by atoms with Crippen LogP contribution in [0.25, 0.3) is 0 Å². The molecule has 228 valence electrons. The number of thioether (sulfide) groups is 1. The smallest absolute Gasteiger partial charge is 0.224 e. The molecule has 0 atom stereocenters. The van der Waals surface area contributed by atoms with Crippen molar-refractivity contribution in [2.45, 2.75) is 111 Å². The Balaban J connectivity index is 0.00000588. The molecule has 0 aliphatic carbocycles. The maximum absolute atomic E-state index is 14.9. The highest BCUT2D eigenvalue weighted by atomic mass is 79.9. The zero-order chi connectivity index (χ0) is 28.6. The molecule has 0 saturated heterocycles. The van der Waals surface area contributed by atoms with Crippen molar-refractivity contribution in [3.8, 4) is 5.75 Å². The molecule has 1 amide bonds. The zero-order valence-electron chi connectivity index (χ0n) is 25.3. The molecule has 0 radical (unpaired) electrons. The molecule has 41 heavy (non-hydrogen) atoms. The monoisotopic (exact) mass is 648 g/mol. The summed E-state index contributed by atoms with van der Waals surface area (Å²) in [5.74, 6) is 0.757. The number of anilines is 1. The van der Waals surface area contributed by atoms with Crippen molar-refractivity contribution < 1.29 is 13.9 Å². The molecular weight excluding hydrogens is 599 g/mol. The molecule has 3 rings (SSSR count). The van der Waals surface area contributed by atoms with E-state index in [1.165, 1.54) is 75.2 Å². The second-order valence-corrected chi connectivity index (χ2v) is 12.2. The Morgan fingerprint density at radius 2 is 1.59 bits per heavy atom. The Kier molecular flexibility index (Phi) is 17.2. The van der Waals surface area contributed by atoms with Crippen LogP contribution >= 0.6 is 28.7 Å². The van der Waals surface area contributed by atoms with Gasteiger partial charge in [0.1, 0.15) is 0 Å². The van der Waals surface area contributed by atoms with Gasteiger partial charge in [-0.05, 0) is 47.6 Å². The van der Waals surface area contributed by atoms with Crippen LogP contribution in [-0.4, -0.2) is 23.3 Å². The first kappa shape index (κ1) is 35.2. The SMILES string of the molecule is Br.CCCCCCCCCCCCCCOc1ccc(CN(C(C)=O)c2ccccc2CN2C=C(C)SC2)cc1F. The third kappa shape index (κ3) is 12.8. The maximum atomic E-state index is 14.9. The van der Waals surface area contributed by atoms with Gasteiger partial charge < -0.3 is 14.5 Å². The fourth-order valence-electron chi connectivity index (χ4n) is 5.17. The Labute approximate surface area is 262 Å². The van der Waals surface area contributed by atoms with E-state index in [2.05, 4.69) is 31.0 Å². The summed E-state index contributed by atoms with van der Waals surface area (Å²) in [6.07, 6.45) is 17.6. The van der Waals surface area contributed by atoms with Crippen LogP contribution in [-0.2, 0) is 17.9 Å². The van der Waals surface area contributed by atoms with Gasteiger partial charge in [-0.2, -0.15) is 0 Å². The topological polar surface area (TPSA) is 32.8 Å². The minimum atomic E-state index is -0.372. The van der Waals surface area contributed by atoms with Gasteiger partial charge in [0.25, 0.3) is 0 Å². The van der Waals surface area contributed by atoms with Gasteiger partial charge in [-0.3, -0.25) is 4.79 Å². The summed E-state index contributed by atoms with van der Waals surface area (Å²) < 4.78 is 20.6. The van der Waals surface area contributed by atoms with Crippen molar-refractivity contribution >= 4 is 40.3 Å². The Hall–Kier alpha value is -1.99. The number of nitrogens with zero attached hydrogens (tertiary/aromatic N) is 2. The first-order valence-corrected chi connectivity index (χ1v) is 16.3. The zero-order valence-corrected chi connectivity index (χ0v) is 27.9. The van der Waals surface area contributed by atoms with Crippen molar-refractivity contribution in [3.63, 3.8) is 0 Å². The van der Waals surface area contributed by atoms with Crippen molar-refractivity contribution in [1.82, 2.24) is 4.90 Å². The summed E-state index contributed by atoms with van der Waals surface area (Å²) >= 11 is 1.82. The highest BCUT2D eigenvalue weighted by Gasteiger charge is 2.19. The summed E-state index contributed by atoms with van der Waals surface area (Å²) in [5.41, 5.74) is 2.69. The van der Waals surface area contributed by atoms with Crippen LogP contribution in [0.1, 0.15) is 109 Å². The fraction of sp³-hybridized carbons (Fsp3) is 0.559. The number of halogens is 2. The van der Waals surface area contributed by atoms with Crippen LogP contribution < -0.4 is 9.64 Å². The molecule has 0 N–H and O–H groups in total. The summed E-state index contributed by atoms with van der Waals surface area (Å²) in [6.45, 7) is 7.51. The van der Waals surface area contributed by atoms with E-state index in [0.29, 0.717) is 13.2 Å². The fourth-order valence-corrected chi connectivity index (χ4v) is 5.93. The Morgan fingerprint density at radius 1 is 0.951 bits per heavy atom. The highest BCUT2D eigenvalue weighted by Crippen LogP contribution is 2.30. The van der Waals surface area contributed by atoms with Gasteiger partial charge >= 0.3 is 0 Å². The average molecular weight is 650 g/mol. The molecule has 0 fully saturated rings. The van der Waals surface area contributed by atoms with E-state index in [1.807, 2.05) is 36.0 Å². The minimum Gasteiger partial charge on any atom is -0.491 e. The van der Waals surface area contributed by atoms with Gasteiger partial charge in [-0.1, -0.05) is 102 Å². The molecule has 1 aliphatic heterocycles. The Morgan fingerprint density at radius 3 is 2.17 bits per heavy atom. The van der Waals surface area contributed by atoms with E-state index in [9.17, 15) is 9.18 Å². The summed E-state index contributed by atoms with van der Waals surface area (Å²) in [7, 11) is 0. The molecule has 7 heteroatoms. The third-order valence-electron chi connectivity index (χ3n) is 7.45. The second kappa shape index (κ2) is 20.0. The number of benzene rings is 2. The lowest BCUT2D eigenvalue weighted by Crippen LogP contribution is -2.29. The van der Waals surface area contributed by atoms with E-state index in [-0.39, 0.29) is 34.5 Å². The lowest BCUT2D eigenvalue weighted by atomic mass is 10.1. The number of carbonyl (C=O) groups excluding carboxylic acids is 1. The number of unbranched alkanes of at least 4 members (excludes halogenated alkanes) is 11. The highest BCUT2D eigenvalue weighted by molar-refractivity contribution is 8.93. The van der Waals surface area contributed by atoms with Gasteiger partial charge in [0, 0.05) is 25.4 Å². The van der Waals surface area contributed by atoms with Crippen LogP contribution in [0.5, 0.6) is 5.75 Å². The number of hydrogen-bond donors (Lipinski definition) is 0. The molecule has 2 aromatic carbocycles. The minimum absolute atomic E-state index is 0. The van der Waals surface area contributed by atoms with Crippen molar-refractivity contribution in [1.29, 1.82) is 0 Å². The van der Waals surface area contributed by atoms with Crippen LogP contribution in [0, 0.1) is 5.82 Å². The number of ether oxygens (including phenoxy) is 1. The molecule has 1 aliphatic rings. The van der Waals surface area contributed by atoms with Crippen molar-refractivity contribution in [3.05, 3.63) is 70.5 Å². The predicted octanol–water partition coefficient (Wildman–Crippen LogP) is 10.4. The van der Waals surface area contributed by atoms with Crippen molar-refractivity contribution in [2.24, 2.45) is 0 Å². The van der Waals surface area contributed by atoms with E-state index in [0.717, 1.165) is 42.1 Å². The lowest BCUT2D eigenvalue weighted by Gasteiger charge is -2.26. The molecule has 0 aromatic heterocycles. The predicted molar refractivity (Wildman–Crippen MR) is 178 cm³/mol. The van der Waals surface area contributed by atoms with Gasteiger partial charge in [-0.15, -0.1) is 28.7 Å². The quantitative estimate of drug-likeness (QED) is 0.142. The van der Waals surface area contributed by atoms with E-state index < -0.39 is 0 Å². The Bertz CT molecular complexity index is 1080. The number of para-hydroxylation sites is 1. The number of rotatable bonds is 19. The number of amides is 1. The van der Waals surface area contributed by atoms with E-state index >= 15 is 0 Å². The van der Waals surface area contributed by atoms with Crippen LogP contribution in [0.3, 0.4) is 0 Å². The molecule has 1 heterocycles. The first-order valence-electron chi connectivity index (χ1n) is 15.3. The van der Waals surface area contributed by atoms with Crippen LogP contribution in [0.15, 0.2) is 53.6 Å². The van der Waals surface area contributed by atoms with Crippen LogP contribution in [0.2, 0.25) is 0 Å². The summed E-state index contributed by atoms with van der Waals surface area (Å²) in [5, 5.41) is 0. The van der Waals surface area contributed by atoms with Gasteiger partial charge in [0.05, 0.1) is 19.0 Å². The normalized spacial score (nSPS) is 12.7. The van der Waals surface area contributed by atoms with Crippen LogP contribution in [0.4, 0.5) is 10.1 Å². The number of hydrogen-bond acceptors (Lipinski definition) is 4. The molecule has 0 bridgehead atoms. The largest absolute Gasteiger partial charge is 0.491 e.